The Morgan fingerprint density at radius 1 is 1.17 bits per heavy atom. The highest BCUT2D eigenvalue weighted by molar-refractivity contribution is 6.39. The van der Waals surface area contributed by atoms with Gasteiger partial charge in [0.05, 0.1) is 17.4 Å². The quantitative estimate of drug-likeness (QED) is 0.568. The van der Waals surface area contributed by atoms with E-state index in [1.54, 1.807) is 19.9 Å². The molecular weight excluding hydrogens is 384 g/mol. The zero-order chi connectivity index (χ0) is 21.3. The summed E-state index contributed by atoms with van der Waals surface area (Å²) in [7, 11) is 0. The molecule has 1 aromatic carbocycles. The summed E-state index contributed by atoms with van der Waals surface area (Å²) in [5.41, 5.74) is 2.73. The van der Waals surface area contributed by atoms with Gasteiger partial charge in [-0.1, -0.05) is 30.3 Å². The Morgan fingerprint density at radius 2 is 1.93 bits per heavy atom. The summed E-state index contributed by atoms with van der Waals surface area (Å²) in [5, 5.41) is 9.54. The van der Waals surface area contributed by atoms with E-state index in [4.69, 9.17) is 0 Å². The predicted octanol–water partition coefficient (Wildman–Crippen LogP) is 1.57. The number of carbonyl (C=O) groups is 2. The number of aryl methyl sites for hydroxylation is 2. The smallest absolute Gasteiger partial charge is 0.314 e. The zero-order valence-electron chi connectivity index (χ0n) is 16.7. The van der Waals surface area contributed by atoms with Crippen LogP contribution in [0.3, 0.4) is 0 Å². The molecule has 0 aliphatic heterocycles. The minimum Gasteiger partial charge on any atom is -0.341 e. The monoisotopic (exact) mass is 406 g/mol. The second-order valence-corrected chi connectivity index (χ2v) is 7.31. The number of aromatic amines is 1. The van der Waals surface area contributed by atoms with Crippen LogP contribution in [-0.2, 0) is 22.4 Å². The number of nitrogens with one attached hydrogen (secondary N) is 3. The second-order valence-electron chi connectivity index (χ2n) is 7.31. The Hall–Kier alpha value is -3.75. The molecule has 0 spiro atoms. The maximum Gasteiger partial charge on any atom is 0.314 e. The second kappa shape index (κ2) is 7.94. The molecule has 30 heavy (non-hydrogen) atoms. The number of anilines is 1. The molecule has 0 saturated heterocycles. The SMILES string of the molecule is Cc1cc(NC(=O)C(=O)NC(C)c2ccccc2)n(-c2nc3c(c(=O)[nH]2)CCC3)n1. The van der Waals surface area contributed by atoms with Crippen LogP contribution < -0.4 is 16.2 Å². The van der Waals surface area contributed by atoms with Crippen LogP contribution in [-0.4, -0.2) is 31.6 Å². The molecular formula is C21H22N6O3. The minimum absolute atomic E-state index is 0.202. The minimum atomic E-state index is -0.831. The number of amides is 2. The van der Waals surface area contributed by atoms with Crippen molar-refractivity contribution in [2.75, 3.05) is 5.32 Å². The number of H-pyrrole nitrogens is 1. The Morgan fingerprint density at radius 3 is 2.70 bits per heavy atom. The number of carbonyl (C=O) groups excluding carboxylic acids is 2. The molecule has 3 N–H and O–H groups in total. The Balaban J connectivity index is 1.53. The van der Waals surface area contributed by atoms with Crippen LogP contribution in [0.4, 0.5) is 5.82 Å². The summed E-state index contributed by atoms with van der Waals surface area (Å²) >= 11 is 0. The van der Waals surface area contributed by atoms with Gasteiger partial charge in [0.2, 0.25) is 5.95 Å². The van der Waals surface area contributed by atoms with E-state index in [0.717, 1.165) is 24.1 Å². The number of aromatic nitrogens is 4. The van der Waals surface area contributed by atoms with Crippen LogP contribution in [0.5, 0.6) is 0 Å². The number of benzene rings is 1. The summed E-state index contributed by atoms with van der Waals surface area (Å²) < 4.78 is 1.33. The van der Waals surface area contributed by atoms with Crippen molar-refractivity contribution in [3.8, 4) is 5.95 Å². The van der Waals surface area contributed by atoms with Gasteiger partial charge in [-0.15, -0.1) is 0 Å². The first-order chi connectivity index (χ1) is 14.4. The van der Waals surface area contributed by atoms with Crippen molar-refractivity contribution < 1.29 is 9.59 Å². The van der Waals surface area contributed by atoms with Gasteiger partial charge in [0.25, 0.3) is 5.56 Å². The lowest BCUT2D eigenvalue weighted by atomic mass is 10.1. The fourth-order valence-electron chi connectivity index (χ4n) is 3.54. The summed E-state index contributed by atoms with van der Waals surface area (Å²) in [6.45, 7) is 3.54. The third-order valence-corrected chi connectivity index (χ3v) is 5.06. The molecule has 9 nitrogen and oxygen atoms in total. The van der Waals surface area contributed by atoms with Crippen molar-refractivity contribution in [3.05, 3.63) is 69.3 Å². The molecule has 1 unspecified atom stereocenters. The molecule has 0 fully saturated rings. The lowest BCUT2D eigenvalue weighted by molar-refractivity contribution is -0.136. The molecule has 9 heteroatoms. The van der Waals surface area contributed by atoms with Gasteiger partial charge in [0.1, 0.15) is 5.82 Å². The fourth-order valence-corrected chi connectivity index (χ4v) is 3.54. The highest BCUT2D eigenvalue weighted by Crippen LogP contribution is 2.19. The van der Waals surface area contributed by atoms with Crippen molar-refractivity contribution in [2.45, 2.75) is 39.2 Å². The maximum atomic E-state index is 12.5. The third kappa shape index (κ3) is 3.86. The molecule has 0 bridgehead atoms. The van der Waals surface area contributed by atoms with Crippen LogP contribution in [0.1, 0.15) is 41.9 Å². The molecule has 2 aromatic heterocycles. The Kier molecular flexibility index (Phi) is 5.18. The topological polar surface area (TPSA) is 122 Å². The van der Waals surface area contributed by atoms with Gasteiger partial charge in [-0.05, 0) is 38.7 Å². The van der Waals surface area contributed by atoms with E-state index in [0.29, 0.717) is 17.7 Å². The van der Waals surface area contributed by atoms with Crippen molar-refractivity contribution in [2.24, 2.45) is 0 Å². The molecule has 1 atom stereocenters. The number of hydrogen-bond acceptors (Lipinski definition) is 5. The van der Waals surface area contributed by atoms with Crippen LogP contribution in [0.2, 0.25) is 0 Å². The molecule has 2 amide bonds. The number of hydrogen-bond donors (Lipinski definition) is 3. The maximum absolute atomic E-state index is 12.5. The van der Waals surface area contributed by atoms with Gasteiger partial charge in [0, 0.05) is 11.6 Å². The molecule has 0 saturated carbocycles. The molecule has 0 radical (unpaired) electrons. The average molecular weight is 406 g/mol. The van der Waals surface area contributed by atoms with Gasteiger partial charge < -0.3 is 10.6 Å². The first kappa shape index (κ1) is 19.6. The van der Waals surface area contributed by atoms with Crippen molar-refractivity contribution in [3.63, 3.8) is 0 Å². The number of fused-ring (bicyclic) bond motifs is 1. The van der Waals surface area contributed by atoms with E-state index in [1.807, 2.05) is 30.3 Å². The van der Waals surface area contributed by atoms with Crippen molar-refractivity contribution in [1.29, 1.82) is 0 Å². The van der Waals surface area contributed by atoms with Gasteiger partial charge in [-0.3, -0.25) is 19.4 Å². The van der Waals surface area contributed by atoms with Crippen molar-refractivity contribution in [1.82, 2.24) is 25.1 Å². The predicted molar refractivity (Wildman–Crippen MR) is 110 cm³/mol. The van der Waals surface area contributed by atoms with Crippen LogP contribution >= 0.6 is 0 Å². The highest BCUT2D eigenvalue weighted by Gasteiger charge is 2.22. The first-order valence-corrected chi connectivity index (χ1v) is 9.78. The molecule has 2 heterocycles. The molecule has 154 valence electrons. The van der Waals surface area contributed by atoms with E-state index >= 15 is 0 Å². The van der Waals surface area contributed by atoms with E-state index in [2.05, 4.69) is 25.7 Å². The zero-order valence-corrected chi connectivity index (χ0v) is 16.7. The summed E-state index contributed by atoms with van der Waals surface area (Å²) in [5.74, 6) is -1.14. The van der Waals surface area contributed by atoms with Crippen LogP contribution in [0.25, 0.3) is 5.95 Å². The summed E-state index contributed by atoms with van der Waals surface area (Å²) in [6, 6.07) is 10.6. The molecule has 3 aromatic rings. The van der Waals surface area contributed by atoms with E-state index < -0.39 is 11.8 Å². The van der Waals surface area contributed by atoms with E-state index in [9.17, 15) is 14.4 Å². The van der Waals surface area contributed by atoms with Gasteiger partial charge >= 0.3 is 11.8 Å². The number of nitrogens with zero attached hydrogens (tertiary/aromatic N) is 3. The normalized spacial score (nSPS) is 13.5. The molecule has 1 aliphatic carbocycles. The average Bonchev–Trinajstić information content (AvgIpc) is 3.35. The van der Waals surface area contributed by atoms with E-state index in [1.165, 1.54) is 4.68 Å². The Bertz CT molecular complexity index is 1170. The first-order valence-electron chi connectivity index (χ1n) is 9.78. The Labute approximate surface area is 172 Å². The largest absolute Gasteiger partial charge is 0.341 e. The number of rotatable bonds is 4. The third-order valence-electron chi connectivity index (χ3n) is 5.06. The fraction of sp³-hybridized carbons (Fsp3) is 0.286. The van der Waals surface area contributed by atoms with Gasteiger partial charge in [0.15, 0.2) is 0 Å². The molecule has 1 aliphatic rings. The van der Waals surface area contributed by atoms with Gasteiger partial charge in [-0.2, -0.15) is 9.78 Å². The highest BCUT2D eigenvalue weighted by atomic mass is 16.2. The van der Waals surface area contributed by atoms with Crippen LogP contribution in [0.15, 0.2) is 41.2 Å². The standard InChI is InChI=1S/C21H22N6O3/c1-12-11-17(24-20(30)19(29)22-13(2)14-7-4-3-5-8-14)27(26-12)21-23-16-10-6-9-15(16)18(28)25-21/h3-5,7-8,11,13H,6,9-10H2,1-2H3,(H,22,29)(H,24,30)(H,23,25,28). The lowest BCUT2D eigenvalue weighted by Crippen LogP contribution is -2.37. The van der Waals surface area contributed by atoms with Gasteiger partial charge in [-0.25, -0.2) is 4.98 Å². The van der Waals surface area contributed by atoms with E-state index in [-0.39, 0.29) is 23.4 Å². The van der Waals surface area contributed by atoms with Crippen LogP contribution in [0, 0.1) is 6.92 Å². The van der Waals surface area contributed by atoms with Crippen molar-refractivity contribution >= 4 is 17.6 Å². The summed E-state index contributed by atoms with van der Waals surface area (Å²) in [6.07, 6.45) is 2.32. The molecule has 4 rings (SSSR count). The lowest BCUT2D eigenvalue weighted by Gasteiger charge is -2.14. The summed E-state index contributed by atoms with van der Waals surface area (Å²) in [4.78, 5) is 44.4.